The van der Waals surface area contributed by atoms with Crippen LogP contribution >= 0.6 is 0 Å². The van der Waals surface area contributed by atoms with Crippen LogP contribution in [0.5, 0.6) is 0 Å². The minimum Gasteiger partial charge on any atom is -0.299 e. The molecule has 174 valence electrons. The highest BCUT2D eigenvalue weighted by Gasteiger charge is 2.16. The SMILES string of the molecule is c1ccc(-c2nc3ccccn3c2-c2ccc(-c3cnc(-c4ccc5ccccc5c4)nc3)cc2)nc1. The summed E-state index contributed by atoms with van der Waals surface area (Å²) in [6.07, 6.45) is 7.62. The summed E-state index contributed by atoms with van der Waals surface area (Å²) in [6, 6.07) is 35.0. The van der Waals surface area contributed by atoms with Crippen LogP contribution in [0.1, 0.15) is 0 Å². The Hall–Kier alpha value is -5.16. The smallest absolute Gasteiger partial charge is 0.159 e. The van der Waals surface area contributed by atoms with E-state index in [9.17, 15) is 0 Å². The summed E-state index contributed by atoms with van der Waals surface area (Å²) < 4.78 is 2.11. The van der Waals surface area contributed by atoms with Gasteiger partial charge in [0.25, 0.3) is 0 Å². The third-order valence-corrected chi connectivity index (χ3v) is 6.59. The second-order valence-corrected chi connectivity index (χ2v) is 8.89. The first-order valence-corrected chi connectivity index (χ1v) is 12.1. The van der Waals surface area contributed by atoms with Crippen molar-refractivity contribution in [3.05, 3.63) is 128 Å². The van der Waals surface area contributed by atoms with E-state index in [-0.39, 0.29) is 0 Å². The van der Waals surface area contributed by atoms with E-state index in [1.807, 2.05) is 67.1 Å². The Kier molecular flexibility index (Phi) is 5.03. The molecule has 0 aliphatic rings. The molecule has 3 aromatic carbocycles. The van der Waals surface area contributed by atoms with Gasteiger partial charge in [0.1, 0.15) is 11.3 Å². The third kappa shape index (κ3) is 3.83. The summed E-state index contributed by atoms with van der Waals surface area (Å²) >= 11 is 0. The van der Waals surface area contributed by atoms with Gasteiger partial charge >= 0.3 is 0 Å². The van der Waals surface area contributed by atoms with Crippen molar-refractivity contribution in [1.82, 2.24) is 24.3 Å². The van der Waals surface area contributed by atoms with Crippen molar-refractivity contribution in [2.75, 3.05) is 0 Å². The number of hydrogen-bond acceptors (Lipinski definition) is 4. The molecular formula is C32H21N5. The van der Waals surface area contributed by atoms with E-state index in [1.165, 1.54) is 10.8 Å². The van der Waals surface area contributed by atoms with Crippen molar-refractivity contribution < 1.29 is 0 Å². The van der Waals surface area contributed by atoms with Crippen molar-refractivity contribution in [3.8, 4) is 45.2 Å². The Labute approximate surface area is 213 Å². The van der Waals surface area contributed by atoms with Gasteiger partial charge in [0, 0.05) is 41.5 Å². The van der Waals surface area contributed by atoms with Crippen LogP contribution < -0.4 is 0 Å². The first-order valence-electron chi connectivity index (χ1n) is 12.1. The molecule has 0 atom stereocenters. The Morgan fingerprint density at radius 2 is 1.27 bits per heavy atom. The molecule has 0 amide bonds. The third-order valence-electron chi connectivity index (χ3n) is 6.59. The largest absolute Gasteiger partial charge is 0.299 e. The van der Waals surface area contributed by atoms with Gasteiger partial charge in [0.15, 0.2) is 5.82 Å². The predicted molar refractivity (Wildman–Crippen MR) is 148 cm³/mol. The van der Waals surface area contributed by atoms with E-state index < -0.39 is 0 Å². The van der Waals surface area contributed by atoms with Gasteiger partial charge in [-0.05, 0) is 46.7 Å². The average Bonchev–Trinajstić information content (AvgIpc) is 3.37. The second-order valence-electron chi connectivity index (χ2n) is 8.89. The van der Waals surface area contributed by atoms with Crippen LogP contribution in [0, 0.1) is 0 Å². The van der Waals surface area contributed by atoms with E-state index in [4.69, 9.17) is 4.98 Å². The zero-order valence-electron chi connectivity index (χ0n) is 19.9. The molecule has 5 heteroatoms. The highest BCUT2D eigenvalue weighted by atomic mass is 15.0. The number of nitrogens with zero attached hydrogens (tertiary/aromatic N) is 5. The van der Waals surface area contributed by atoms with Crippen LogP contribution in [-0.4, -0.2) is 24.3 Å². The number of pyridine rings is 2. The molecule has 7 aromatic rings. The Morgan fingerprint density at radius 3 is 2.08 bits per heavy atom. The van der Waals surface area contributed by atoms with Gasteiger partial charge in [0.05, 0.1) is 11.4 Å². The Bertz CT molecular complexity index is 1850. The lowest BCUT2D eigenvalue weighted by Gasteiger charge is -2.08. The van der Waals surface area contributed by atoms with E-state index in [1.54, 1.807) is 6.20 Å². The van der Waals surface area contributed by atoms with Crippen molar-refractivity contribution in [1.29, 1.82) is 0 Å². The molecule has 0 radical (unpaired) electrons. The van der Waals surface area contributed by atoms with Crippen LogP contribution in [0.15, 0.2) is 128 Å². The molecule has 7 rings (SSSR count). The zero-order chi connectivity index (χ0) is 24.6. The minimum absolute atomic E-state index is 0.719. The van der Waals surface area contributed by atoms with E-state index in [0.29, 0.717) is 0 Å². The van der Waals surface area contributed by atoms with Gasteiger partial charge in [-0.2, -0.15) is 0 Å². The van der Waals surface area contributed by atoms with Crippen LogP contribution in [-0.2, 0) is 0 Å². The Balaban J connectivity index is 1.23. The summed E-state index contributed by atoms with van der Waals surface area (Å²) in [5, 5.41) is 2.39. The highest BCUT2D eigenvalue weighted by molar-refractivity contribution is 5.86. The lowest BCUT2D eigenvalue weighted by atomic mass is 10.0. The van der Waals surface area contributed by atoms with E-state index in [2.05, 4.69) is 73.9 Å². The van der Waals surface area contributed by atoms with Crippen molar-refractivity contribution in [3.63, 3.8) is 0 Å². The van der Waals surface area contributed by atoms with Crippen LogP contribution in [0.25, 0.3) is 61.6 Å². The van der Waals surface area contributed by atoms with Gasteiger partial charge in [-0.15, -0.1) is 0 Å². The molecule has 0 unspecified atom stereocenters. The monoisotopic (exact) mass is 475 g/mol. The summed E-state index contributed by atoms with van der Waals surface area (Å²) in [4.78, 5) is 18.8. The van der Waals surface area contributed by atoms with Crippen LogP contribution in [0.3, 0.4) is 0 Å². The molecule has 37 heavy (non-hydrogen) atoms. The van der Waals surface area contributed by atoms with Crippen LogP contribution in [0.4, 0.5) is 0 Å². The maximum Gasteiger partial charge on any atom is 0.159 e. The molecule has 0 saturated heterocycles. The molecular weight excluding hydrogens is 454 g/mol. The molecule has 0 saturated carbocycles. The normalized spacial score (nSPS) is 11.2. The van der Waals surface area contributed by atoms with Gasteiger partial charge in [-0.1, -0.05) is 72.8 Å². The van der Waals surface area contributed by atoms with Crippen molar-refractivity contribution in [2.45, 2.75) is 0 Å². The van der Waals surface area contributed by atoms with E-state index >= 15 is 0 Å². The summed E-state index contributed by atoms with van der Waals surface area (Å²) in [5.74, 6) is 0.719. The summed E-state index contributed by atoms with van der Waals surface area (Å²) in [6.45, 7) is 0. The molecule has 4 heterocycles. The predicted octanol–water partition coefficient (Wildman–Crippen LogP) is 7.34. The molecule has 0 bridgehead atoms. The molecule has 0 fully saturated rings. The lowest BCUT2D eigenvalue weighted by molar-refractivity contribution is 1.18. The fraction of sp³-hybridized carbons (Fsp3) is 0. The molecule has 0 spiro atoms. The maximum atomic E-state index is 4.88. The standard InChI is InChI=1S/C32H21N5/c1-2-8-25-19-26(16-13-22(25)7-1)32-34-20-27(21-35-32)23-11-14-24(15-12-23)31-30(28-9-3-5-17-33-28)36-29-10-4-6-18-37(29)31/h1-21H. The molecule has 5 nitrogen and oxygen atoms in total. The quantitative estimate of drug-likeness (QED) is 0.267. The first-order chi connectivity index (χ1) is 18.3. The second kappa shape index (κ2) is 8.81. The van der Waals surface area contributed by atoms with Crippen molar-refractivity contribution >= 4 is 16.4 Å². The molecule has 4 aromatic heterocycles. The molecule has 0 N–H and O–H groups in total. The lowest BCUT2D eigenvalue weighted by Crippen LogP contribution is -1.92. The maximum absolute atomic E-state index is 4.88. The van der Waals surface area contributed by atoms with Gasteiger partial charge in [-0.3, -0.25) is 9.38 Å². The van der Waals surface area contributed by atoms with Gasteiger partial charge < -0.3 is 0 Å². The highest BCUT2D eigenvalue weighted by Crippen LogP contribution is 2.33. The molecule has 0 aliphatic heterocycles. The number of hydrogen-bond donors (Lipinski definition) is 0. The average molecular weight is 476 g/mol. The number of imidazole rings is 1. The Morgan fingerprint density at radius 1 is 0.541 bits per heavy atom. The van der Waals surface area contributed by atoms with Crippen LogP contribution in [0.2, 0.25) is 0 Å². The number of aromatic nitrogens is 5. The number of benzene rings is 3. The minimum atomic E-state index is 0.719. The van der Waals surface area contributed by atoms with Gasteiger partial charge in [0.2, 0.25) is 0 Å². The summed E-state index contributed by atoms with van der Waals surface area (Å²) in [7, 11) is 0. The fourth-order valence-electron chi connectivity index (χ4n) is 4.73. The molecule has 0 aliphatic carbocycles. The number of fused-ring (bicyclic) bond motifs is 2. The fourth-order valence-corrected chi connectivity index (χ4v) is 4.73. The zero-order valence-corrected chi connectivity index (χ0v) is 19.9. The number of rotatable bonds is 4. The summed E-state index contributed by atoms with van der Waals surface area (Å²) in [5.41, 5.74) is 7.72. The van der Waals surface area contributed by atoms with E-state index in [0.717, 1.165) is 50.8 Å². The first kappa shape index (κ1) is 21.1. The van der Waals surface area contributed by atoms with Gasteiger partial charge in [-0.25, -0.2) is 15.0 Å². The topological polar surface area (TPSA) is 56.0 Å². The van der Waals surface area contributed by atoms with Crippen molar-refractivity contribution in [2.24, 2.45) is 0 Å².